The number of hydrogen-bond acceptors (Lipinski definition) is 3. The Kier molecular flexibility index (Phi) is 3.51. The average molecular weight is 275 g/mol. The van der Waals surface area contributed by atoms with Crippen molar-refractivity contribution in [1.29, 1.82) is 0 Å². The Hall–Kier alpha value is -1.81. The number of rotatable bonds is 2. The van der Waals surface area contributed by atoms with Gasteiger partial charge in [-0.05, 0) is 25.0 Å². The standard InChI is InChI=1S/C14H15ClN4/c15-13-6-2-1-5-12(13)14(18-10-7-16-11-18)17-19-8-3-4-9-19/h1-2,5-7,10-11H,3-4,8-9H2/b17-14-. The molecule has 2 aromatic rings. The lowest BCUT2D eigenvalue weighted by Crippen LogP contribution is -2.20. The molecule has 0 atom stereocenters. The van der Waals surface area contributed by atoms with Gasteiger partial charge in [-0.25, -0.2) is 4.98 Å². The number of benzene rings is 1. The first-order chi connectivity index (χ1) is 9.34. The van der Waals surface area contributed by atoms with Crippen molar-refractivity contribution >= 4 is 17.4 Å². The maximum atomic E-state index is 6.29. The van der Waals surface area contributed by atoms with Crippen molar-refractivity contribution < 1.29 is 0 Å². The Balaban J connectivity index is 2.04. The largest absolute Gasteiger partial charge is 0.295 e. The van der Waals surface area contributed by atoms with Crippen molar-refractivity contribution in [2.45, 2.75) is 12.8 Å². The van der Waals surface area contributed by atoms with Crippen LogP contribution in [-0.4, -0.2) is 33.5 Å². The van der Waals surface area contributed by atoms with Crippen molar-refractivity contribution in [1.82, 2.24) is 14.6 Å². The summed E-state index contributed by atoms with van der Waals surface area (Å²) in [6.45, 7) is 2.01. The second-order valence-corrected chi connectivity index (χ2v) is 4.94. The van der Waals surface area contributed by atoms with Gasteiger partial charge in [-0.2, -0.15) is 5.10 Å². The van der Waals surface area contributed by atoms with Crippen molar-refractivity contribution in [2.24, 2.45) is 5.10 Å². The molecular formula is C14H15ClN4. The number of imidazole rings is 1. The SMILES string of the molecule is Clc1ccccc1/C(=N/N1CCCC1)n1ccnc1. The van der Waals surface area contributed by atoms with Crippen LogP contribution in [0.1, 0.15) is 18.4 Å². The summed E-state index contributed by atoms with van der Waals surface area (Å²) in [6.07, 6.45) is 7.78. The minimum Gasteiger partial charge on any atom is -0.295 e. The molecular weight excluding hydrogens is 260 g/mol. The molecule has 1 aliphatic heterocycles. The second-order valence-electron chi connectivity index (χ2n) is 4.53. The third kappa shape index (κ3) is 2.63. The predicted octanol–water partition coefficient (Wildman–Crippen LogP) is 2.84. The molecule has 0 N–H and O–H groups in total. The van der Waals surface area contributed by atoms with Crippen LogP contribution in [0, 0.1) is 0 Å². The van der Waals surface area contributed by atoms with E-state index < -0.39 is 0 Å². The molecule has 5 heteroatoms. The van der Waals surface area contributed by atoms with Gasteiger partial charge in [0.2, 0.25) is 0 Å². The van der Waals surface area contributed by atoms with Crippen LogP contribution in [0.2, 0.25) is 5.02 Å². The number of nitrogens with zero attached hydrogens (tertiary/aromatic N) is 4. The van der Waals surface area contributed by atoms with Gasteiger partial charge in [-0.1, -0.05) is 23.7 Å². The van der Waals surface area contributed by atoms with Gasteiger partial charge in [-0.15, -0.1) is 0 Å². The van der Waals surface area contributed by atoms with Crippen LogP contribution in [0.15, 0.2) is 48.1 Å². The van der Waals surface area contributed by atoms with Gasteiger partial charge in [0, 0.05) is 31.0 Å². The van der Waals surface area contributed by atoms with E-state index >= 15 is 0 Å². The second kappa shape index (κ2) is 5.45. The topological polar surface area (TPSA) is 33.4 Å². The smallest absolute Gasteiger partial charge is 0.166 e. The Labute approximate surface area is 117 Å². The summed E-state index contributed by atoms with van der Waals surface area (Å²) in [4.78, 5) is 4.09. The quantitative estimate of drug-likeness (QED) is 0.623. The molecule has 19 heavy (non-hydrogen) atoms. The number of aromatic nitrogens is 2. The third-order valence-electron chi connectivity index (χ3n) is 3.18. The highest BCUT2D eigenvalue weighted by molar-refractivity contribution is 6.34. The highest BCUT2D eigenvalue weighted by atomic mass is 35.5. The van der Waals surface area contributed by atoms with E-state index in [4.69, 9.17) is 16.7 Å². The monoisotopic (exact) mass is 274 g/mol. The Morgan fingerprint density at radius 2 is 2.00 bits per heavy atom. The lowest BCUT2D eigenvalue weighted by Gasteiger charge is -2.15. The maximum absolute atomic E-state index is 6.29. The molecule has 1 fully saturated rings. The van der Waals surface area contributed by atoms with Gasteiger partial charge in [0.1, 0.15) is 6.33 Å². The molecule has 0 bridgehead atoms. The average Bonchev–Trinajstić information content (AvgIpc) is 3.10. The lowest BCUT2D eigenvalue weighted by atomic mass is 10.2. The van der Waals surface area contributed by atoms with Crippen molar-refractivity contribution in [2.75, 3.05) is 13.1 Å². The highest BCUT2D eigenvalue weighted by Gasteiger charge is 2.14. The molecule has 0 unspecified atom stereocenters. The Morgan fingerprint density at radius 3 is 2.68 bits per heavy atom. The van der Waals surface area contributed by atoms with Gasteiger partial charge >= 0.3 is 0 Å². The van der Waals surface area contributed by atoms with Gasteiger partial charge in [0.15, 0.2) is 5.84 Å². The van der Waals surface area contributed by atoms with Crippen LogP contribution in [0.3, 0.4) is 0 Å². The first-order valence-corrected chi connectivity index (χ1v) is 6.79. The molecule has 1 aromatic heterocycles. The van der Waals surface area contributed by atoms with E-state index in [1.165, 1.54) is 12.8 Å². The zero-order chi connectivity index (χ0) is 13.1. The summed E-state index contributed by atoms with van der Waals surface area (Å²) >= 11 is 6.29. The number of hydrazone groups is 1. The number of hydrogen-bond donors (Lipinski definition) is 0. The fourth-order valence-electron chi connectivity index (χ4n) is 2.21. The summed E-state index contributed by atoms with van der Waals surface area (Å²) in [5, 5.41) is 7.54. The molecule has 0 amide bonds. The molecule has 3 rings (SSSR count). The van der Waals surface area contributed by atoms with Gasteiger partial charge < -0.3 is 0 Å². The van der Waals surface area contributed by atoms with E-state index in [1.54, 1.807) is 12.5 Å². The first kappa shape index (κ1) is 12.2. The molecule has 0 aliphatic carbocycles. The zero-order valence-electron chi connectivity index (χ0n) is 10.5. The number of halogens is 1. The molecule has 1 aliphatic rings. The third-order valence-corrected chi connectivity index (χ3v) is 3.51. The molecule has 0 saturated carbocycles. The van der Waals surface area contributed by atoms with Gasteiger partial charge in [0.05, 0.1) is 5.02 Å². The molecule has 0 radical (unpaired) electrons. The predicted molar refractivity (Wildman–Crippen MR) is 76.4 cm³/mol. The van der Waals surface area contributed by atoms with Gasteiger partial charge in [0.25, 0.3) is 0 Å². The summed E-state index contributed by atoms with van der Waals surface area (Å²) in [5.41, 5.74) is 0.925. The molecule has 1 aromatic carbocycles. The van der Waals surface area contributed by atoms with E-state index in [0.717, 1.165) is 24.5 Å². The summed E-state index contributed by atoms with van der Waals surface area (Å²) in [5.74, 6) is 0.824. The van der Waals surface area contributed by atoms with Crippen molar-refractivity contribution in [3.8, 4) is 0 Å². The summed E-state index contributed by atoms with van der Waals surface area (Å²) in [7, 11) is 0. The van der Waals surface area contributed by atoms with E-state index in [0.29, 0.717) is 5.02 Å². The van der Waals surface area contributed by atoms with E-state index in [-0.39, 0.29) is 0 Å². The van der Waals surface area contributed by atoms with Crippen LogP contribution in [0.4, 0.5) is 0 Å². The van der Waals surface area contributed by atoms with Crippen molar-refractivity contribution in [3.63, 3.8) is 0 Å². The van der Waals surface area contributed by atoms with Gasteiger partial charge in [-0.3, -0.25) is 9.58 Å². The van der Waals surface area contributed by atoms with Crippen LogP contribution < -0.4 is 0 Å². The lowest BCUT2D eigenvalue weighted by molar-refractivity contribution is 0.359. The van der Waals surface area contributed by atoms with E-state index in [1.807, 2.05) is 35.0 Å². The van der Waals surface area contributed by atoms with E-state index in [9.17, 15) is 0 Å². The van der Waals surface area contributed by atoms with Crippen LogP contribution in [0.5, 0.6) is 0 Å². The molecule has 4 nitrogen and oxygen atoms in total. The van der Waals surface area contributed by atoms with Crippen LogP contribution in [-0.2, 0) is 0 Å². The minimum absolute atomic E-state index is 0.703. The highest BCUT2D eigenvalue weighted by Crippen LogP contribution is 2.18. The van der Waals surface area contributed by atoms with Crippen LogP contribution in [0.25, 0.3) is 0 Å². The molecule has 1 saturated heterocycles. The zero-order valence-corrected chi connectivity index (χ0v) is 11.3. The normalized spacial score (nSPS) is 16.1. The molecule has 0 spiro atoms. The van der Waals surface area contributed by atoms with Crippen molar-refractivity contribution in [3.05, 3.63) is 53.6 Å². The summed E-state index contributed by atoms with van der Waals surface area (Å²) in [6, 6.07) is 7.76. The Morgan fingerprint density at radius 1 is 1.21 bits per heavy atom. The fraction of sp³-hybridized carbons (Fsp3) is 0.286. The first-order valence-electron chi connectivity index (χ1n) is 6.41. The maximum Gasteiger partial charge on any atom is 0.166 e. The van der Waals surface area contributed by atoms with Crippen LogP contribution >= 0.6 is 11.6 Å². The van der Waals surface area contributed by atoms with E-state index in [2.05, 4.69) is 9.99 Å². The minimum atomic E-state index is 0.703. The molecule has 2 heterocycles. The summed E-state index contributed by atoms with van der Waals surface area (Å²) < 4.78 is 1.90. The fourth-order valence-corrected chi connectivity index (χ4v) is 2.43. The Bertz CT molecular complexity index is 571. The molecule has 98 valence electrons.